The number of hydrogen-bond donors (Lipinski definition) is 0. The number of amides is 1. The van der Waals surface area contributed by atoms with E-state index in [-0.39, 0.29) is 18.5 Å². The van der Waals surface area contributed by atoms with E-state index >= 15 is 0 Å². The van der Waals surface area contributed by atoms with E-state index in [0.29, 0.717) is 22.2 Å². The zero-order valence-electron chi connectivity index (χ0n) is 14.6. The summed E-state index contributed by atoms with van der Waals surface area (Å²) in [6, 6.07) is 5.53. The molecule has 1 fully saturated rings. The lowest BCUT2D eigenvalue weighted by molar-refractivity contribution is -0.138. The Balaban J connectivity index is 1.68. The lowest BCUT2D eigenvalue weighted by Crippen LogP contribution is -2.50. The van der Waals surface area contributed by atoms with Crippen molar-refractivity contribution in [3.8, 4) is 11.1 Å². The average molecular weight is 374 g/mol. The number of hydrogen-bond acceptors (Lipinski definition) is 3. The number of rotatable bonds is 4. The summed E-state index contributed by atoms with van der Waals surface area (Å²) >= 11 is 0. The molecule has 0 radical (unpaired) electrons. The number of pyridine rings is 1. The molecular formula is C19H17F3N4O. The van der Waals surface area contributed by atoms with Gasteiger partial charge in [-0.25, -0.2) is 13.2 Å². The van der Waals surface area contributed by atoms with E-state index < -0.39 is 17.8 Å². The van der Waals surface area contributed by atoms with Crippen molar-refractivity contribution in [1.82, 2.24) is 19.7 Å². The summed E-state index contributed by atoms with van der Waals surface area (Å²) in [7, 11) is 0. The molecule has 1 aromatic carbocycles. The van der Waals surface area contributed by atoms with Crippen LogP contribution in [0.15, 0.2) is 36.7 Å². The second kappa shape index (κ2) is 6.68. The van der Waals surface area contributed by atoms with Crippen molar-refractivity contribution in [1.29, 1.82) is 0 Å². The fourth-order valence-corrected chi connectivity index (χ4v) is 3.24. The van der Waals surface area contributed by atoms with Crippen molar-refractivity contribution in [3.63, 3.8) is 0 Å². The van der Waals surface area contributed by atoms with Gasteiger partial charge in [0.1, 0.15) is 17.9 Å². The molecule has 4 rings (SSSR count). The van der Waals surface area contributed by atoms with Crippen molar-refractivity contribution < 1.29 is 18.0 Å². The van der Waals surface area contributed by atoms with Crippen molar-refractivity contribution in [2.75, 3.05) is 6.54 Å². The number of benzene rings is 1. The molecule has 0 bridgehead atoms. The molecule has 1 atom stereocenters. The Morgan fingerprint density at radius 3 is 2.74 bits per heavy atom. The molecule has 1 amide bonds. The summed E-state index contributed by atoms with van der Waals surface area (Å²) in [4.78, 5) is 18.5. The molecule has 3 aromatic rings. The standard InChI is InChI=1S/C19H17F3N4O/c1-11-4-5-25(11)18(27)10-26-17-7-13(8-23-16(17)9-24-26)12-2-3-15(20)14(6-12)19(21)22/h2-3,6-9,11,19H,4-5,10H2,1H3/t11-/m1/s1. The van der Waals surface area contributed by atoms with E-state index in [1.165, 1.54) is 12.3 Å². The molecule has 0 N–H and O–H groups in total. The van der Waals surface area contributed by atoms with Gasteiger partial charge in [-0.2, -0.15) is 5.10 Å². The van der Waals surface area contributed by atoms with Gasteiger partial charge in [-0.1, -0.05) is 6.07 Å². The first kappa shape index (κ1) is 17.5. The topological polar surface area (TPSA) is 51.0 Å². The largest absolute Gasteiger partial charge is 0.338 e. The lowest BCUT2D eigenvalue weighted by Gasteiger charge is -2.38. The van der Waals surface area contributed by atoms with Gasteiger partial charge in [0.25, 0.3) is 6.43 Å². The molecule has 3 heterocycles. The van der Waals surface area contributed by atoms with E-state index in [0.717, 1.165) is 25.1 Å². The van der Waals surface area contributed by atoms with Crippen LogP contribution >= 0.6 is 0 Å². The second-order valence-corrected chi connectivity index (χ2v) is 6.69. The van der Waals surface area contributed by atoms with E-state index in [2.05, 4.69) is 10.1 Å². The highest BCUT2D eigenvalue weighted by Gasteiger charge is 2.28. The third-order valence-electron chi connectivity index (χ3n) is 4.98. The highest BCUT2D eigenvalue weighted by atomic mass is 19.3. The Morgan fingerprint density at radius 2 is 2.07 bits per heavy atom. The molecular weight excluding hydrogens is 357 g/mol. The number of aromatic nitrogens is 3. The Hall–Kier alpha value is -2.90. The van der Waals surface area contributed by atoms with Crippen LogP contribution in [0.4, 0.5) is 13.2 Å². The summed E-state index contributed by atoms with van der Waals surface area (Å²) < 4.78 is 41.0. The monoisotopic (exact) mass is 374 g/mol. The SMILES string of the molecule is C[C@@H]1CCN1C(=O)Cn1ncc2ncc(-c3ccc(F)c(C(F)F)c3)cc21. The molecule has 0 aliphatic carbocycles. The molecule has 0 unspecified atom stereocenters. The van der Waals surface area contributed by atoms with E-state index in [9.17, 15) is 18.0 Å². The molecule has 27 heavy (non-hydrogen) atoms. The summed E-state index contributed by atoms with van der Waals surface area (Å²) in [6.07, 6.45) is 1.18. The maximum absolute atomic E-state index is 13.5. The van der Waals surface area contributed by atoms with Gasteiger partial charge in [-0.05, 0) is 37.1 Å². The van der Waals surface area contributed by atoms with Crippen LogP contribution in [-0.2, 0) is 11.3 Å². The number of alkyl halides is 2. The molecule has 0 spiro atoms. The van der Waals surface area contributed by atoms with Crippen molar-refractivity contribution in [3.05, 3.63) is 48.0 Å². The van der Waals surface area contributed by atoms with Crippen molar-refractivity contribution >= 4 is 16.9 Å². The van der Waals surface area contributed by atoms with Gasteiger partial charge >= 0.3 is 0 Å². The van der Waals surface area contributed by atoms with Crippen LogP contribution in [0.1, 0.15) is 25.3 Å². The van der Waals surface area contributed by atoms with Gasteiger partial charge in [0.05, 0.1) is 17.3 Å². The minimum atomic E-state index is -2.90. The van der Waals surface area contributed by atoms with Gasteiger partial charge in [0.15, 0.2) is 0 Å². The molecule has 140 valence electrons. The molecule has 1 aliphatic heterocycles. The molecule has 2 aromatic heterocycles. The number of nitrogens with zero attached hydrogens (tertiary/aromatic N) is 4. The zero-order chi connectivity index (χ0) is 19.1. The summed E-state index contributed by atoms with van der Waals surface area (Å²) in [5.41, 5.74) is 1.55. The third-order valence-corrected chi connectivity index (χ3v) is 4.98. The van der Waals surface area contributed by atoms with Gasteiger partial charge in [0, 0.05) is 24.3 Å². The summed E-state index contributed by atoms with van der Waals surface area (Å²) in [5, 5.41) is 4.22. The maximum atomic E-state index is 13.5. The number of carbonyl (C=O) groups excluding carboxylic acids is 1. The summed E-state index contributed by atoms with van der Waals surface area (Å²) in [6.45, 7) is 2.83. The van der Waals surface area contributed by atoms with Gasteiger partial charge < -0.3 is 4.90 Å². The quantitative estimate of drug-likeness (QED) is 0.698. The molecule has 8 heteroatoms. The van der Waals surface area contributed by atoms with Crippen LogP contribution in [0, 0.1) is 5.82 Å². The zero-order valence-corrected chi connectivity index (χ0v) is 14.6. The normalized spacial score (nSPS) is 16.8. The van der Waals surface area contributed by atoms with Crippen LogP contribution in [0.2, 0.25) is 0 Å². The lowest BCUT2D eigenvalue weighted by atomic mass is 10.0. The van der Waals surface area contributed by atoms with E-state index in [4.69, 9.17) is 0 Å². The predicted molar refractivity (Wildman–Crippen MR) is 93.7 cm³/mol. The average Bonchev–Trinajstić information content (AvgIpc) is 3.02. The van der Waals surface area contributed by atoms with E-state index in [1.807, 2.05) is 6.92 Å². The fraction of sp³-hybridized carbons (Fsp3) is 0.316. The van der Waals surface area contributed by atoms with Gasteiger partial charge in [-0.3, -0.25) is 14.5 Å². The van der Waals surface area contributed by atoms with E-state index in [1.54, 1.807) is 21.8 Å². The number of carbonyl (C=O) groups is 1. The second-order valence-electron chi connectivity index (χ2n) is 6.69. The van der Waals surface area contributed by atoms with Gasteiger partial charge in [-0.15, -0.1) is 0 Å². The highest BCUT2D eigenvalue weighted by Crippen LogP contribution is 2.29. The smallest absolute Gasteiger partial charge is 0.266 e. The molecule has 1 saturated heterocycles. The van der Waals surface area contributed by atoms with Crippen LogP contribution in [0.3, 0.4) is 0 Å². The first-order valence-electron chi connectivity index (χ1n) is 8.63. The van der Waals surface area contributed by atoms with Crippen molar-refractivity contribution in [2.24, 2.45) is 0 Å². The number of fused-ring (bicyclic) bond motifs is 1. The Labute approximate surface area is 153 Å². The minimum Gasteiger partial charge on any atom is -0.338 e. The maximum Gasteiger partial charge on any atom is 0.266 e. The Morgan fingerprint density at radius 1 is 1.26 bits per heavy atom. The van der Waals surface area contributed by atoms with Crippen LogP contribution in [0.25, 0.3) is 22.2 Å². The number of halogens is 3. The summed E-state index contributed by atoms with van der Waals surface area (Å²) in [5.74, 6) is -0.965. The predicted octanol–water partition coefficient (Wildman–Crippen LogP) is 3.80. The first-order valence-corrected chi connectivity index (χ1v) is 8.63. The van der Waals surface area contributed by atoms with Crippen molar-refractivity contribution in [2.45, 2.75) is 32.4 Å². The highest BCUT2D eigenvalue weighted by molar-refractivity contribution is 5.83. The Kier molecular flexibility index (Phi) is 4.33. The molecule has 5 nitrogen and oxygen atoms in total. The first-order chi connectivity index (χ1) is 12.9. The fourth-order valence-electron chi connectivity index (χ4n) is 3.24. The number of likely N-dealkylation sites (tertiary alicyclic amines) is 1. The van der Waals surface area contributed by atoms with Crippen LogP contribution in [0.5, 0.6) is 0 Å². The molecule has 0 saturated carbocycles. The minimum absolute atomic E-state index is 0.0223. The Bertz CT molecular complexity index is 1020. The van der Waals surface area contributed by atoms with Gasteiger partial charge in [0.2, 0.25) is 5.91 Å². The van der Waals surface area contributed by atoms with Crippen LogP contribution < -0.4 is 0 Å². The third kappa shape index (κ3) is 3.15. The molecule has 1 aliphatic rings. The van der Waals surface area contributed by atoms with Crippen LogP contribution in [-0.4, -0.2) is 38.2 Å².